The van der Waals surface area contributed by atoms with Gasteiger partial charge in [-0.25, -0.2) is 0 Å². The first-order chi connectivity index (χ1) is 30.3. The fraction of sp³-hybridized carbons (Fsp3) is 0.600. The molecule has 0 radical (unpaired) electrons. The zero-order valence-electron chi connectivity index (χ0n) is 40.6. The van der Waals surface area contributed by atoms with Crippen LogP contribution in [0.2, 0.25) is 0 Å². The van der Waals surface area contributed by atoms with Crippen molar-refractivity contribution >= 4 is 11.4 Å². The molecule has 0 spiro atoms. The third kappa shape index (κ3) is 14.8. The van der Waals surface area contributed by atoms with Crippen LogP contribution in [0.5, 0.6) is 0 Å². The second-order valence-electron chi connectivity index (χ2n) is 20.0. The van der Waals surface area contributed by atoms with Crippen LogP contribution in [0.1, 0.15) is 250 Å². The van der Waals surface area contributed by atoms with Gasteiger partial charge in [0.05, 0.1) is 0 Å². The van der Waals surface area contributed by atoms with Crippen molar-refractivity contribution in [3.63, 3.8) is 0 Å². The minimum atomic E-state index is 0.0465. The van der Waals surface area contributed by atoms with Gasteiger partial charge in [0.1, 0.15) is 0 Å². The van der Waals surface area contributed by atoms with E-state index in [9.17, 15) is 0 Å². The van der Waals surface area contributed by atoms with E-state index in [1.807, 2.05) is 0 Å². The Hall–Kier alpha value is -3.52. The maximum absolute atomic E-state index is 6.29. The van der Waals surface area contributed by atoms with E-state index in [-0.39, 0.29) is 5.41 Å². The number of hydrogen-bond donors (Lipinski definition) is 2. The highest BCUT2D eigenvalue weighted by molar-refractivity contribution is 5.51. The number of aryl methyl sites for hydroxylation is 2. The van der Waals surface area contributed by atoms with E-state index in [1.165, 1.54) is 218 Å². The summed E-state index contributed by atoms with van der Waals surface area (Å²) in [7, 11) is 0. The average Bonchev–Trinajstić information content (AvgIpc) is 3.28. The lowest BCUT2D eigenvalue weighted by Gasteiger charge is -2.42. The molecule has 62 heavy (non-hydrogen) atoms. The van der Waals surface area contributed by atoms with E-state index >= 15 is 0 Å². The van der Waals surface area contributed by atoms with Crippen LogP contribution in [0.25, 0.3) is 0 Å². The van der Waals surface area contributed by atoms with Gasteiger partial charge in [-0.05, 0) is 127 Å². The summed E-state index contributed by atoms with van der Waals surface area (Å²) in [5.74, 6) is 1.65. The first kappa shape index (κ1) is 49.5. The lowest BCUT2D eigenvalue weighted by atomic mass is 9.62. The van der Waals surface area contributed by atoms with E-state index in [4.69, 9.17) is 11.5 Å². The van der Waals surface area contributed by atoms with E-state index < -0.39 is 0 Å². The Bertz CT molecular complexity index is 1690. The second-order valence-corrected chi connectivity index (χ2v) is 20.0. The average molecular weight is 839 g/mol. The van der Waals surface area contributed by atoms with Crippen LogP contribution in [0.3, 0.4) is 0 Å². The highest BCUT2D eigenvalue weighted by Gasteiger charge is 2.38. The molecule has 1 saturated carbocycles. The van der Waals surface area contributed by atoms with Crippen molar-refractivity contribution in [2.24, 2.45) is 5.92 Å². The van der Waals surface area contributed by atoms with Gasteiger partial charge < -0.3 is 11.5 Å². The van der Waals surface area contributed by atoms with Crippen molar-refractivity contribution < 1.29 is 0 Å². The molecule has 0 aromatic heterocycles. The van der Waals surface area contributed by atoms with Crippen LogP contribution >= 0.6 is 0 Å². The predicted molar refractivity (Wildman–Crippen MR) is 274 cm³/mol. The summed E-state index contributed by atoms with van der Waals surface area (Å²) in [4.78, 5) is 0. The normalized spacial score (nSPS) is 17.6. The molecule has 2 nitrogen and oxygen atoms in total. The van der Waals surface area contributed by atoms with Gasteiger partial charge in [-0.15, -0.1) is 0 Å². The molecule has 1 aliphatic carbocycles. The Balaban J connectivity index is 1.41. The van der Waals surface area contributed by atoms with Crippen molar-refractivity contribution in [1.82, 2.24) is 0 Å². The number of anilines is 2. The Morgan fingerprint density at radius 1 is 0.452 bits per heavy atom. The summed E-state index contributed by atoms with van der Waals surface area (Å²) >= 11 is 0. The largest absolute Gasteiger partial charge is 0.399 e. The van der Waals surface area contributed by atoms with E-state index in [0.717, 1.165) is 17.3 Å². The molecule has 2 atom stereocenters. The number of nitrogens with two attached hydrogens (primary N) is 2. The van der Waals surface area contributed by atoms with Crippen LogP contribution in [0, 0.1) is 19.8 Å². The Labute approximate surface area is 381 Å². The molecule has 1 aliphatic rings. The molecule has 2 heteroatoms. The summed E-state index contributed by atoms with van der Waals surface area (Å²) in [6.45, 7) is 11.5. The molecule has 5 rings (SSSR count). The van der Waals surface area contributed by atoms with E-state index in [1.54, 1.807) is 0 Å². The van der Waals surface area contributed by atoms with Crippen molar-refractivity contribution in [2.75, 3.05) is 11.5 Å². The van der Waals surface area contributed by atoms with Crippen molar-refractivity contribution in [1.29, 1.82) is 0 Å². The van der Waals surface area contributed by atoms with Crippen molar-refractivity contribution in [3.8, 4) is 0 Å². The van der Waals surface area contributed by atoms with Crippen LogP contribution in [0.4, 0.5) is 11.4 Å². The standard InChI is InChI=1S/C60H90N2/c1-6-9-12-15-18-21-24-27-58(56-39-37-54(61)45-47(56)4)50-29-33-52(34-30-50)60(43-41-49(42-44-60)26-23-20-17-14-11-8-3)53-35-31-51(32-36-53)59(28-25-22-19-16-13-10-7-2)57-40-38-55(62)46-48(57)5/h29-40,45-46,49,58-59H,6-28,41-44,61-62H2,1-5H3. The summed E-state index contributed by atoms with van der Waals surface area (Å²) in [6.07, 6.45) is 36.0. The molecule has 4 aromatic rings. The molecule has 0 heterocycles. The Kier molecular flexibility index (Phi) is 21.5. The summed E-state index contributed by atoms with van der Waals surface area (Å²) in [6, 6.07) is 33.4. The Morgan fingerprint density at radius 3 is 1.18 bits per heavy atom. The minimum Gasteiger partial charge on any atom is -0.399 e. The lowest BCUT2D eigenvalue weighted by molar-refractivity contribution is 0.250. The lowest BCUT2D eigenvalue weighted by Crippen LogP contribution is -2.33. The van der Waals surface area contributed by atoms with Gasteiger partial charge in [-0.2, -0.15) is 0 Å². The number of nitrogen functional groups attached to an aromatic ring is 2. The molecular formula is C60H90N2. The molecule has 0 saturated heterocycles. The first-order valence-electron chi connectivity index (χ1n) is 26.2. The maximum Gasteiger partial charge on any atom is 0.0316 e. The van der Waals surface area contributed by atoms with Gasteiger partial charge in [-0.1, -0.05) is 216 Å². The number of rotatable bonds is 29. The van der Waals surface area contributed by atoms with Crippen LogP contribution < -0.4 is 11.5 Å². The predicted octanol–water partition coefficient (Wildman–Crippen LogP) is 18.2. The van der Waals surface area contributed by atoms with E-state index in [0.29, 0.717) is 11.8 Å². The zero-order chi connectivity index (χ0) is 44.0. The number of unbranched alkanes of at least 4 members (excludes halogenated alkanes) is 17. The van der Waals surface area contributed by atoms with Gasteiger partial charge in [0.25, 0.3) is 0 Å². The molecule has 0 bridgehead atoms. The molecule has 4 aromatic carbocycles. The van der Waals surface area contributed by atoms with Gasteiger partial charge in [0.2, 0.25) is 0 Å². The monoisotopic (exact) mass is 839 g/mol. The highest BCUT2D eigenvalue weighted by atomic mass is 14.5. The number of benzene rings is 4. The fourth-order valence-corrected chi connectivity index (χ4v) is 11.3. The number of hydrogen-bond acceptors (Lipinski definition) is 2. The van der Waals surface area contributed by atoms with Crippen LogP contribution in [-0.2, 0) is 5.41 Å². The Morgan fingerprint density at radius 2 is 0.806 bits per heavy atom. The minimum absolute atomic E-state index is 0.0465. The van der Waals surface area contributed by atoms with Crippen LogP contribution in [-0.4, -0.2) is 0 Å². The van der Waals surface area contributed by atoms with E-state index in [2.05, 4.69) is 120 Å². The molecule has 0 aliphatic heterocycles. The summed E-state index contributed by atoms with van der Waals surface area (Å²) in [5.41, 5.74) is 25.8. The smallest absolute Gasteiger partial charge is 0.0316 e. The van der Waals surface area contributed by atoms with Gasteiger partial charge in [-0.3, -0.25) is 0 Å². The third-order valence-corrected chi connectivity index (χ3v) is 15.2. The molecule has 2 unspecified atom stereocenters. The maximum atomic E-state index is 6.29. The fourth-order valence-electron chi connectivity index (χ4n) is 11.3. The zero-order valence-corrected chi connectivity index (χ0v) is 40.6. The topological polar surface area (TPSA) is 52.0 Å². The molecular weight excluding hydrogens is 749 g/mol. The SMILES string of the molecule is CCCCCCCCCC(c1ccc(C2(c3ccc(C(CCCCCCCCC)c4ccc(N)cc4C)cc3)CCC(CCCCCCCC)CC2)cc1)c1ccc(N)cc1C. The quantitative estimate of drug-likeness (QED) is 0.0423. The first-order valence-corrected chi connectivity index (χ1v) is 26.2. The summed E-state index contributed by atoms with van der Waals surface area (Å²) < 4.78 is 0. The highest BCUT2D eigenvalue weighted by Crippen LogP contribution is 2.49. The van der Waals surface area contributed by atoms with Gasteiger partial charge in [0.15, 0.2) is 0 Å². The van der Waals surface area contributed by atoms with Crippen LogP contribution in [0.15, 0.2) is 84.9 Å². The third-order valence-electron chi connectivity index (χ3n) is 15.2. The van der Waals surface area contributed by atoms with Crippen molar-refractivity contribution in [3.05, 3.63) is 129 Å². The van der Waals surface area contributed by atoms with Gasteiger partial charge in [0, 0.05) is 28.6 Å². The molecule has 340 valence electrons. The van der Waals surface area contributed by atoms with Crippen molar-refractivity contribution in [2.45, 2.75) is 225 Å². The second kappa shape index (κ2) is 27.0. The molecule has 1 fully saturated rings. The van der Waals surface area contributed by atoms with Gasteiger partial charge >= 0.3 is 0 Å². The molecule has 0 amide bonds. The molecule has 4 N–H and O–H groups in total. The summed E-state index contributed by atoms with van der Waals surface area (Å²) in [5, 5.41) is 0.